The summed E-state index contributed by atoms with van der Waals surface area (Å²) in [6.07, 6.45) is 0. The zero-order chi connectivity index (χ0) is 14.5. The number of aryl methyl sites for hydroxylation is 1. The minimum absolute atomic E-state index is 0.246. The number of anilines is 1. The van der Waals surface area contributed by atoms with Gasteiger partial charge in [0.05, 0.1) is 30.6 Å². The number of hydrogen-bond acceptors (Lipinski definition) is 4. The van der Waals surface area contributed by atoms with Gasteiger partial charge in [-0.15, -0.1) is 0 Å². The minimum atomic E-state index is -0.246. The fourth-order valence-corrected chi connectivity index (χ4v) is 1.88. The molecule has 2 aromatic rings. The lowest BCUT2D eigenvalue weighted by Gasteiger charge is -2.10. The second kappa shape index (κ2) is 6.06. The van der Waals surface area contributed by atoms with Crippen molar-refractivity contribution in [1.29, 1.82) is 0 Å². The van der Waals surface area contributed by atoms with Gasteiger partial charge in [0.15, 0.2) is 0 Å². The molecule has 0 aliphatic rings. The first kappa shape index (κ1) is 13.9. The van der Waals surface area contributed by atoms with Crippen molar-refractivity contribution in [1.82, 2.24) is 10.3 Å². The van der Waals surface area contributed by atoms with E-state index in [1.807, 2.05) is 25.1 Å². The Kier molecular flexibility index (Phi) is 4.20. The third-order valence-electron chi connectivity index (χ3n) is 2.91. The summed E-state index contributed by atoms with van der Waals surface area (Å²) in [6.45, 7) is 2.27. The number of amides is 1. The molecule has 0 spiro atoms. The van der Waals surface area contributed by atoms with Crippen LogP contribution >= 0.6 is 0 Å². The molecule has 5 heteroatoms. The molecule has 0 saturated carbocycles. The number of pyridine rings is 1. The normalized spacial score (nSPS) is 10.1. The highest BCUT2D eigenvalue weighted by Crippen LogP contribution is 2.24. The summed E-state index contributed by atoms with van der Waals surface area (Å²) in [5.41, 5.74) is 8.34. The third-order valence-corrected chi connectivity index (χ3v) is 2.91. The summed E-state index contributed by atoms with van der Waals surface area (Å²) in [4.78, 5) is 16.4. The maximum atomic E-state index is 12.1. The molecule has 20 heavy (non-hydrogen) atoms. The van der Waals surface area contributed by atoms with Crippen molar-refractivity contribution >= 4 is 11.6 Å². The number of carbonyl (C=O) groups excluding carboxylic acids is 1. The summed E-state index contributed by atoms with van der Waals surface area (Å²) in [5, 5.41) is 2.80. The van der Waals surface area contributed by atoms with Crippen molar-refractivity contribution in [3.63, 3.8) is 0 Å². The summed E-state index contributed by atoms with van der Waals surface area (Å²) < 4.78 is 5.10. The number of rotatable bonds is 4. The fraction of sp³-hybridized carbons (Fsp3) is 0.200. The number of aromatic nitrogens is 1. The van der Waals surface area contributed by atoms with Gasteiger partial charge < -0.3 is 15.8 Å². The Morgan fingerprint density at radius 1 is 1.30 bits per heavy atom. The van der Waals surface area contributed by atoms with Gasteiger partial charge in [0, 0.05) is 5.69 Å². The van der Waals surface area contributed by atoms with E-state index in [0.717, 1.165) is 11.4 Å². The fourth-order valence-electron chi connectivity index (χ4n) is 1.88. The van der Waals surface area contributed by atoms with Crippen LogP contribution in [0.4, 0.5) is 5.69 Å². The lowest BCUT2D eigenvalue weighted by Crippen LogP contribution is -2.24. The summed E-state index contributed by atoms with van der Waals surface area (Å²) in [5.74, 6) is 0.246. The van der Waals surface area contributed by atoms with E-state index in [9.17, 15) is 4.79 Å². The number of ether oxygens (including phenoxy) is 1. The predicted octanol–water partition coefficient (Wildman–Crippen LogP) is 1.91. The minimum Gasteiger partial charge on any atom is -0.495 e. The molecule has 1 aromatic carbocycles. The van der Waals surface area contributed by atoms with E-state index in [4.69, 9.17) is 10.5 Å². The van der Waals surface area contributed by atoms with E-state index < -0.39 is 0 Å². The number of nitrogens with zero attached hydrogens (tertiary/aromatic N) is 1. The zero-order valence-electron chi connectivity index (χ0n) is 11.5. The van der Waals surface area contributed by atoms with E-state index in [1.165, 1.54) is 7.11 Å². The number of carbonyl (C=O) groups is 1. The number of para-hydroxylation sites is 1. The van der Waals surface area contributed by atoms with Gasteiger partial charge in [-0.3, -0.25) is 9.78 Å². The van der Waals surface area contributed by atoms with Gasteiger partial charge >= 0.3 is 0 Å². The third kappa shape index (κ3) is 3.06. The molecule has 5 nitrogen and oxygen atoms in total. The highest BCUT2D eigenvalue weighted by molar-refractivity contribution is 6.00. The van der Waals surface area contributed by atoms with Crippen LogP contribution in [-0.4, -0.2) is 18.0 Å². The van der Waals surface area contributed by atoms with E-state index in [0.29, 0.717) is 23.5 Å². The average molecular weight is 271 g/mol. The van der Waals surface area contributed by atoms with E-state index in [-0.39, 0.29) is 5.91 Å². The van der Waals surface area contributed by atoms with Gasteiger partial charge in [-0.25, -0.2) is 0 Å². The van der Waals surface area contributed by atoms with Crippen LogP contribution in [0.1, 0.15) is 21.7 Å². The molecule has 0 fully saturated rings. The van der Waals surface area contributed by atoms with E-state index in [1.54, 1.807) is 18.2 Å². The Balaban J connectivity index is 2.09. The Labute approximate surface area is 117 Å². The summed E-state index contributed by atoms with van der Waals surface area (Å²) in [7, 11) is 1.52. The molecule has 1 heterocycles. The molecule has 0 bridgehead atoms. The van der Waals surface area contributed by atoms with Gasteiger partial charge in [-0.1, -0.05) is 12.1 Å². The highest BCUT2D eigenvalue weighted by Gasteiger charge is 2.12. The topological polar surface area (TPSA) is 77.2 Å². The largest absolute Gasteiger partial charge is 0.495 e. The number of benzene rings is 1. The Morgan fingerprint density at radius 2 is 2.05 bits per heavy atom. The number of methoxy groups -OCH3 is 1. The second-order valence-electron chi connectivity index (χ2n) is 4.37. The van der Waals surface area contributed by atoms with Crippen molar-refractivity contribution in [2.45, 2.75) is 13.5 Å². The van der Waals surface area contributed by atoms with Gasteiger partial charge in [0.2, 0.25) is 0 Å². The first-order valence-electron chi connectivity index (χ1n) is 6.25. The molecule has 2 rings (SSSR count). The average Bonchev–Trinajstić information content (AvgIpc) is 2.45. The molecule has 0 atom stereocenters. The van der Waals surface area contributed by atoms with Crippen LogP contribution in [0.3, 0.4) is 0 Å². The van der Waals surface area contributed by atoms with Gasteiger partial charge in [0.1, 0.15) is 5.75 Å². The van der Waals surface area contributed by atoms with Gasteiger partial charge in [0.25, 0.3) is 5.91 Å². The maximum Gasteiger partial charge on any atom is 0.253 e. The van der Waals surface area contributed by atoms with Crippen LogP contribution in [0.5, 0.6) is 5.75 Å². The van der Waals surface area contributed by atoms with Crippen molar-refractivity contribution in [2.24, 2.45) is 0 Å². The standard InChI is InChI=1S/C15H17N3O2/c1-10-5-3-6-11(18-10)9-17-15(19)12-7-4-8-13(20-2)14(12)16/h3-8H,9,16H2,1-2H3,(H,17,19). The highest BCUT2D eigenvalue weighted by atomic mass is 16.5. The first-order valence-corrected chi connectivity index (χ1v) is 6.25. The van der Waals surface area contributed by atoms with Crippen LogP contribution in [0.15, 0.2) is 36.4 Å². The Hall–Kier alpha value is -2.56. The molecule has 0 unspecified atom stereocenters. The van der Waals surface area contributed by atoms with Crippen LogP contribution < -0.4 is 15.8 Å². The molecule has 104 valence electrons. The molecule has 1 aromatic heterocycles. The molecular weight excluding hydrogens is 254 g/mol. The molecule has 0 saturated heterocycles. The Bertz CT molecular complexity index is 626. The molecule has 3 N–H and O–H groups in total. The van der Waals surface area contributed by atoms with E-state index in [2.05, 4.69) is 10.3 Å². The summed E-state index contributed by atoms with van der Waals surface area (Å²) >= 11 is 0. The Morgan fingerprint density at radius 3 is 2.75 bits per heavy atom. The lowest BCUT2D eigenvalue weighted by molar-refractivity contribution is 0.0951. The first-order chi connectivity index (χ1) is 9.61. The maximum absolute atomic E-state index is 12.1. The second-order valence-corrected chi connectivity index (χ2v) is 4.37. The van der Waals surface area contributed by atoms with E-state index >= 15 is 0 Å². The van der Waals surface area contributed by atoms with Crippen LogP contribution in [-0.2, 0) is 6.54 Å². The van der Waals surface area contributed by atoms with Gasteiger partial charge in [-0.05, 0) is 31.2 Å². The molecule has 0 aliphatic heterocycles. The summed E-state index contributed by atoms with van der Waals surface area (Å²) in [6, 6.07) is 10.8. The van der Waals surface area contributed by atoms with Crippen LogP contribution in [0.25, 0.3) is 0 Å². The molecule has 1 amide bonds. The number of nitrogens with one attached hydrogen (secondary N) is 1. The monoisotopic (exact) mass is 271 g/mol. The predicted molar refractivity (Wildman–Crippen MR) is 77.6 cm³/mol. The zero-order valence-corrected chi connectivity index (χ0v) is 11.5. The number of nitrogen functional groups attached to an aromatic ring is 1. The van der Waals surface area contributed by atoms with Crippen molar-refractivity contribution in [3.05, 3.63) is 53.3 Å². The number of nitrogens with two attached hydrogens (primary N) is 1. The SMILES string of the molecule is COc1cccc(C(=O)NCc2cccc(C)n2)c1N. The quantitative estimate of drug-likeness (QED) is 0.833. The van der Waals surface area contributed by atoms with Crippen LogP contribution in [0, 0.1) is 6.92 Å². The van der Waals surface area contributed by atoms with Crippen molar-refractivity contribution in [3.8, 4) is 5.75 Å². The lowest BCUT2D eigenvalue weighted by atomic mass is 10.1. The molecular formula is C15H17N3O2. The van der Waals surface area contributed by atoms with Crippen molar-refractivity contribution in [2.75, 3.05) is 12.8 Å². The van der Waals surface area contributed by atoms with Crippen LogP contribution in [0.2, 0.25) is 0 Å². The van der Waals surface area contributed by atoms with Gasteiger partial charge in [-0.2, -0.15) is 0 Å². The van der Waals surface area contributed by atoms with Crippen molar-refractivity contribution < 1.29 is 9.53 Å². The smallest absolute Gasteiger partial charge is 0.253 e. The molecule has 0 aliphatic carbocycles. The molecule has 0 radical (unpaired) electrons. The number of hydrogen-bond donors (Lipinski definition) is 2.